The number of likely N-dealkylation sites (tertiary alicyclic amines) is 1. The van der Waals surface area contributed by atoms with Gasteiger partial charge < -0.3 is 9.84 Å². The molecule has 0 unspecified atom stereocenters. The zero-order valence-electron chi connectivity index (χ0n) is 12.2. The van der Waals surface area contributed by atoms with Gasteiger partial charge in [0.1, 0.15) is 0 Å². The van der Waals surface area contributed by atoms with Crippen LogP contribution >= 0.6 is 11.3 Å². The van der Waals surface area contributed by atoms with E-state index in [2.05, 4.69) is 23.1 Å². The lowest BCUT2D eigenvalue weighted by molar-refractivity contribution is -0.0128. The molecule has 0 aliphatic carbocycles. The molecule has 1 fully saturated rings. The van der Waals surface area contributed by atoms with Gasteiger partial charge in [0, 0.05) is 30.7 Å². The summed E-state index contributed by atoms with van der Waals surface area (Å²) in [6.45, 7) is 5.59. The van der Waals surface area contributed by atoms with E-state index in [1.54, 1.807) is 11.3 Å². The van der Waals surface area contributed by atoms with Gasteiger partial charge in [-0.2, -0.15) is 5.10 Å². The summed E-state index contributed by atoms with van der Waals surface area (Å²) in [6.07, 6.45) is 3.53. The van der Waals surface area contributed by atoms with Gasteiger partial charge in [0.05, 0.1) is 31.6 Å². The molecule has 3 rings (SSSR count). The Bertz CT molecular complexity index is 549. The molecular weight excluding hydrogens is 286 g/mol. The number of aromatic nitrogens is 2. The summed E-state index contributed by atoms with van der Waals surface area (Å²) in [5.74, 6) is 0. The van der Waals surface area contributed by atoms with Crippen LogP contribution in [0.5, 0.6) is 0 Å². The van der Waals surface area contributed by atoms with Gasteiger partial charge in [-0.05, 0) is 23.9 Å². The lowest BCUT2D eigenvalue weighted by Crippen LogP contribution is -2.51. The van der Waals surface area contributed by atoms with Gasteiger partial charge in [0.2, 0.25) is 0 Å². The number of thiophene rings is 1. The molecule has 1 N–H and O–H groups in total. The van der Waals surface area contributed by atoms with Crippen LogP contribution in [0.15, 0.2) is 29.9 Å². The maximum Gasteiger partial charge on any atom is 0.0900 e. The molecule has 6 heteroatoms. The minimum absolute atomic E-state index is 0.389. The number of hydrogen-bond donors (Lipinski definition) is 1. The number of rotatable bonds is 7. The van der Waals surface area contributed by atoms with E-state index in [9.17, 15) is 5.11 Å². The molecule has 2 aromatic rings. The van der Waals surface area contributed by atoms with Gasteiger partial charge >= 0.3 is 0 Å². The molecule has 0 spiro atoms. The highest BCUT2D eigenvalue weighted by Crippen LogP contribution is 2.20. The van der Waals surface area contributed by atoms with Gasteiger partial charge in [-0.1, -0.05) is 6.07 Å². The van der Waals surface area contributed by atoms with Crippen molar-refractivity contribution in [1.29, 1.82) is 0 Å². The number of aliphatic hydroxyl groups excluding tert-OH is 1. The van der Waals surface area contributed by atoms with Crippen molar-refractivity contribution >= 4 is 11.3 Å². The first kappa shape index (κ1) is 14.7. The number of hydrogen-bond acceptors (Lipinski definition) is 5. The van der Waals surface area contributed by atoms with Crippen molar-refractivity contribution in [3.05, 3.63) is 40.3 Å². The molecule has 0 aromatic carbocycles. The maximum absolute atomic E-state index is 9.99. The average Bonchev–Trinajstić information content (AvgIpc) is 3.05. The summed E-state index contributed by atoms with van der Waals surface area (Å²) in [4.78, 5) is 3.43. The number of nitrogens with zero attached hydrogens (tertiary/aromatic N) is 3. The Morgan fingerprint density at radius 1 is 1.52 bits per heavy atom. The second-order valence-electron chi connectivity index (χ2n) is 5.62. The lowest BCUT2D eigenvalue weighted by atomic mass is 10.1. The Morgan fingerprint density at radius 3 is 3.05 bits per heavy atom. The predicted octanol–water partition coefficient (Wildman–Crippen LogP) is 1.69. The molecular formula is C15H21N3O2S. The zero-order chi connectivity index (χ0) is 14.7. The van der Waals surface area contributed by atoms with Crippen molar-refractivity contribution in [2.75, 3.05) is 26.2 Å². The Morgan fingerprint density at radius 2 is 2.38 bits per heavy atom. The summed E-state index contributed by atoms with van der Waals surface area (Å²) in [7, 11) is 0. The third-order valence-corrected chi connectivity index (χ3v) is 4.50. The van der Waals surface area contributed by atoms with Crippen LogP contribution in [0.4, 0.5) is 0 Å². The topological polar surface area (TPSA) is 50.5 Å². The second-order valence-corrected chi connectivity index (χ2v) is 6.65. The molecule has 0 saturated carbocycles. The van der Waals surface area contributed by atoms with Crippen molar-refractivity contribution < 1.29 is 9.84 Å². The van der Waals surface area contributed by atoms with Gasteiger partial charge in [0.25, 0.3) is 0 Å². The first-order valence-corrected chi connectivity index (χ1v) is 8.10. The van der Waals surface area contributed by atoms with Crippen LogP contribution in [-0.2, 0) is 11.3 Å². The molecule has 21 heavy (non-hydrogen) atoms. The Balaban J connectivity index is 1.32. The lowest BCUT2D eigenvalue weighted by Gasteiger charge is -2.40. The monoisotopic (exact) mass is 307 g/mol. The maximum atomic E-state index is 9.99. The van der Waals surface area contributed by atoms with E-state index in [4.69, 9.17) is 4.74 Å². The SMILES string of the molecule is Cc1cnn(C2CN(C[C@@H](O)COCc3cccs3)C2)c1. The van der Waals surface area contributed by atoms with E-state index >= 15 is 0 Å². The van der Waals surface area contributed by atoms with Crippen LogP contribution in [-0.4, -0.2) is 52.1 Å². The van der Waals surface area contributed by atoms with Gasteiger partial charge in [-0.3, -0.25) is 9.58 Å². The number of aryl methyl sites for hydroxylation is 1. The Hall–Kier alpha value is -1.21. The molecule has 1 aliphatic heterocycles. The fourth-order valence-electron chi connectivity index (χ4n) is 2.53. The van der Waals surface area contributed by atoms with Gasteiger partial charge in [-0.25, -0.2) is 0 Å². The minimum Gasteiger partial charge on any atom is -0.389 e. The van der Waals surface area contributed by atoms with E-state index in [0.29, 0.717) is 25.8 Å². The zero-order valence-corrected chi connectivity index (χ0v) is 13.0. The predicted molar refractivity (Wildman–Crippen MR) is 82.4 cm³/mol. The number of aliphatic hydroxyl groups is 1. The molecule has 0 bridgehead atoms. The molecule has 5 nitrogen and oxygen atoms in total. The fourth-order valence-corrected chi connectivity index (χ4v) is 3.17. The molecule has 1 saturated heterocycles. The third-order valence-electron chi connectivity index (χ3n) is 3.65. The number of β-amino-alcohol motifs (C(OH)–C–C–N with tert-alkyl or cyclic N) is 1. The van der Waals surface area contributed by atoms with E-state index in [-0.39, 0.29) is 0 Å². The smallest absolute Gasteiger partial charge is 0.0900 e. The number of ether oxygens (including phenoxy) is 1. The van der Waals surface area contributed by atoms with Gasteiger partial charge in [-0.15, -0.1) is 11.3 Å². The van der Waals surface area contributed by atoms with E-state index < -0.39 is 6.10 Å². The van der Waals surface area contributed by atoms with Crippen LogP contribution in [0.25, 0.3) is 0 Å². The Labute approximate surface area is 128 Å². The second kappa shape index (κ2) is 6.70. The molecule has 3 heterocycles. The van der Waals surface area contributed by atoms with E-state index in [0.717, 1.165) is 13.1 Å². The third kappa shape index (κ3) is 3.91. The molecule has 2 aromatic heterocycles. The summed E-state index contributed by atoms with van der Waals surface area (Å²) < 4.78 is 7.56. The van der Waals surface area contributed by atoms with Crippen molar-refractivity contribution in [2.24, 2.45) is 0 Å². The minimum atomic E-state index is -0.426. The standard InChI is InChI=1S/C15H21N3O2S/c1-12-5-16-18(6-12)13-7-17(8-13)9-14(19)10-20-11-15-3-2-4-21-15/h2-6,13-14,19H,7-11H2,1H3/t14-/m1/s1. The highest BCUT2D eigenvalue weighted by Gasteiger charge is 2.29. The van der Waals surface area contributed by atoms with Gasteiger partial charge in [0.15, 0.2) is 0 Å². The molecule has 0 radical (unpaired) electrons. The van der Waals surface area contributed by atoms with Crippen molar-refractivity contribution in [3.63, 3.8) is 0 Å². The summed E-state index contributed by atoms with van der Waals surface area (Å²) in [5.41, 5.74) is 1.19. The summed E-state index contributed by atoms with van der Waals surface area (Å²) in [5, 5.41) is 16.4. The largest absolute Gasteiger partial charge is 0.389 e. The van der Waals surface area contributed by atoms with Crippen LogP contribution < -0.4 is 0 Å². The van der Waals surface area contributed by atoms with Crippen LogP contribution in [0.2, 0.25) is 0 Å². The summed E-state index contributed by atoms with van der Waals surface area (Å²) >= 11 is 1.68. The van der Waals surface area contributed by atoms with Crippen LogP contribution in [0.1, 0.15) is 16.5 Å². The normalized spacial score (nSPS) is 17.8. The van der Waals surface area contributed by atoms with Crippen molar-refractivity contribution in [1.82, 2.24) is 14.7 Å². The molecule has 1 aliphatic rings. The van der Waals surface area contributed by atoms with Crippen molar-refractivity contribution in [2.45, 2.75) is 25.7 Å². The van der Waals surface area contributed by atoms with E-state index in [1.165, 1.54) is 10.4 Å². The van der Waals surface area contributed by atoms with E-state index in [1.807, 2.05) is 28.4 Å². The quantitative estimate of drug-likeness (QED) is 0.846. The summed E-state index contributed by atoms with van der Waals surface area (Å²) in [6, 6.07) is 4.50. The fraction of sp³-hybridized carbons (Fsp3) is 0.533. The highest BCUT2D eigenvalue weighted by molar-refractivity contribution is 7.09. The highest BCUT2D eigenvalue weighted by atomic mass is 32.1. The van der Waals surface area contributed by atoms with Crippen LogP contribution in [0, 0.1) is 6.92 Å². The molecule has 114 valence electrons. The van der Waals surface area contributed by atoms with Crippen molar-refractivity contribution in [3.8, 4) is 0 Å². The first-order chi connectivity index (χ1) is 10.2. The molecule has 1 atom stereocenters. The molecule has 0 amide bonds. The first-order valence-electron chi connectivity index (χ1n) is 7.22. The van der Waals surface area contributed by atoms with Crippen LogP contribution in [0.3, 0.4) is 0 Å². The average molecular weight is 307 g/mol. The Kier molecular flexibility index (Phi) is 4.70.